The number of nitrogens with two attached hydrogens (primary N) is 1. The van der Waals surface area contributed by atoms with Crippen molar-refractivity contribution in [2.24, 2.45) is 10.7 Å². The van der Waals surface area contributed by atoms with Gasteiger partial charge in [0, 0.05) is 62.9 Å². The first-order chi connectivity index (χ1) is 20.4. The fourth-order valence-corrected chi connectivity index (χ4v) is 5.33. The van der Waals surface area contributed by atoms with Gasteiger partial charge in [0.05, 0.1) is 5.69 Å². The Morgan fingerprint density at radius 2 is 1.65 bits per heavy atom. The van der Waals surface area contributed by atoms with Gasteiger partial charge in [0.1, 0.15) is 11.4 Å². The van der Waals surface area contributed by atoms with Crippen LogP contribution in [0.5, 0.6) is 0 Å². The Bertz CT molecular complexity index is 1380. The Labute approximate surface area is 255 Å². The van der Waals surface area contributed by atoms with E-state index in [2.05, 4.69) is 4.99 Å². The third-order valence-corrected chi connectivity index (χ3v) is 7.54. The van der Waals surface area contributed by atoms with Crippen LogP contribution < -0.4 is 5.73 Å². The van der Waals surface area contributed by atoms with E-state index in [9.17, 15) is 14.4 Å². The second-order valence-corrected chi connectivity index (χ2v) is 12.3. The van der Waals surface area contributed by atoms with Gasteiger partial charge in [-0.1, -0.05) is 31.2 Å². The van der Waals surface area contributed by atoms with Crippen molar-refractivity contribution in [3.63, 3.8) is 0 Å². The maximum atomic E-state index is 13.7. The van der Waals surface area contributed by atoms with Gasteiger partial charge in [0.25, 0.3) is 5.91 Å². The topological polar surface area (TPSA) is 109 Å². The Morgan fingerprint density at radius 3 is 2.30 bits per heavy atom. The number of carbonyl (C=O) groups is 3. The van der Waals surface area contributed by atoms with E-state index in [-0.39, 0.29) is 24.3 Å². The maximum Gasteiger partial charge on any atom is 0.410 e. The second-order valence-electron chi connectivity index (χ2n) is 12.3. The molecule has 43 heavy (non-hydrogen) atoms. The molecule has 4 rings (SSSR count). The lowest BCUT2D eigenvalue weighted by Crippen LogP contribution is -2.38. The number of nitrogens with zero attached hydrogens (tertiary/aromatic N) is 4. The summed E-state index contributed by atoms with van der Waals surface area (Å²) in [5.41, 5.74) is 10.5. The fourth-order valence-electron chi connectivity index (χ4n) is 5.33. The predicted octanol–water partition coefficient (Wildman–Crippen LogP) is 5.86. The average molecular weight is 588 g/mol. The van der Waals surface area contributed by atoms with E-state index in [0.29, 0.717) is 48.7 Å². The molecule has 1 saturated heterocycles. The summed E-state index contributed by atoms with van der Waals surface area (Å²) in [5, 5.41) is 0. The van der Waals surface area contributed by atoms with E-state index >= 15 is 0 Å². The number of ether oxygens (including phenoxy) is 1. The van der Waals surface area contributed by atoms with Crippen molar-refractivity contribution in [1.29, 1.82) is 0 Å². The van der Waals surface area contributed by atoms with E-state index in [1.54, 1.807) is 11.9 Å². The smallest absolute Gasteiger partial charge is 0.410 e. The first-order valence-corrected chi connectivity index (χ1v) is 15.3. The zero-order valence-corrected chi connectivity index (χ0v) is 26.2. The Hall–Kier alpha value is -4.14. The Balaban J connectivity index is 1.46. The number of amidine groups is 1. The summed E-state index contributed by atoms with van der Waals surface area (Å²) in [6.45, 7) is 10.8. The van der Waals surface area contributed by atoms with E-state index in [1.165, 1.54) is 0 Å². The summed E-state index contributed by atoms with van der Waals surface area (Å²) in [4.78, 5) is 48.6. The molecular formula is C34H45N5O4. The molecule has 0 aromatic heterocycles. The predicted molar refractivity (Wildman–Crippen MR) is 171 cm³/mol. The number of fused-ring (bicyclic) bond motifs is 1. The van der Waals surface area contributed by atoms with Crippen molar-refractivity contribution in [2.75, 3.05) is 39.8 Å². The lowest BCUT2D eigenvalue weighted by molar-refractivity contribution is -0.127. The second kappa shape index (κ2) is 13.9. The zero-order chi connectivity index (χ0) is 31.1. The molecule has 2 N–H and O–H groups in total. The van der Waals surface area contributed by atoms with E-state index in [0.717, 1.165) is 49.0 Å². The molecule has 1 fully saturated rings. The van der Waals surface area contributed by atoms with E-state index in [4.69, 9.17) is 10.5 Å². The van der Waals surface area contributed by atoms with Crippen molar-refractivity contribution < 1.29 is 19.1 Å². The number of likely N-dealkylation sites (tertiary alicyclic amines) is 1. The van der Waals surface area contributed by atoms with Crippen LogP contribution in [0, 0.1) is 0 Å². The molecule has 2 heterocycles. The fraction of sp³-hybridized carbons (Fsp3) is 0.471. The van der Waals surface area contributed by atoms with Crippen LogP contribution in [-0.2, 0) is 9.53 Å². The summed E-state index contributed by atoms with van der Waals surface area (Å²) >= 11 is 0. The van der Waals surface area contributed by atoms with Gasteiger partial charge in [-0.2, -0.15) is 0 Å². The van der Waals surface area contributed by atoms with E-state index < -0.39 is 5.60 Å². The molecule has 0 aliphatic carbocycles. The molecule has 0 atom stereocenters. The summed E-state index contributed by atoms with van der Waals surface area (Å²) in [7, 11) is 1.71. The van der Waals surface area contributed by atoms with Crippen LogP contribution in [0.3, 0.4) is 0 Å². The Kier molecular flexibility index (Phi) is 10.3. The first kappa shape index (κ1) is 31.8. The highest BCUT2D eigenvalue weighted by molar-refractivity contribution is 6.05. The SMILES string of the molecule is CCCN(CCCN(C)C(=O)OC(C)(C)C)C(=O)C1=Cc2ccc(-c3ccc(C(=O)N4CCCC4)cc3)cc2N=C(N)C1. The molecule has 0 spiro atoms. The molecule has 2 aromatic carbocycles. The molecule has 2 aromatic rings. The monoisotopic (exact) mass is 587 g/mol. The largest absolute Gasteiger partial charge is 0.444 e. The van der Waals surface area contributed by atoms with Gasteiger partial charge in [0.2, 0.25) is 5.91 Å². The van der Waals surface area contributed by atoms with Crippen LogP contribution in [-0.4, -0.2) is 83.8 Å². The van der Waals surface area contributed by atoms with Gasteiger partial charge in [-0.25, -0.2) is 9.79 Å². The summed E-state index contributed by atoms with van der Waals surface area (Å²) in [6, 6.07) is 13.6. The van der Waals surface area contributed by atoms with Gasteiger partial charge in [0.15, 0.2) is 0 Å². The number of aliphatic imine (C=N–C) groups is 1. The van der Waals surface area contributed by atoms with Crippen molar-refractivity contribution >= 4 is 35.5 Å². The van der Waals surface area contributed by atoms with Gasteiger partial charge >= 0.3 is 6.09 Å². The highest BCUT2D eigenvalue weighted by Gasteiger charge is 2.23. The van der Waals surface area contributed by atoms with Gasteiger partial charge in [-0.15, -0.1) is 0 Å². The van der Waals surface area contributed by atoms with Crippen LogP contribution in [0.1, 0.15) is 75.7 Å². The van der Waals surface area contributed by atoms with E-state index in [1.807, 2.05) is 86.0 Å². The lowest BCUT2D eigenvalue weighted by Gasteiger charge is -2.27. The molecular weight excluding hydrogens is 542 g/mol. The van der Waals surface area contributed by atoms with Crippen molar-refractivity contribution in [3.8, 4) is 11.1 Å². The number of amides is 3. The van der Waals surface area contributed by atoms with Gasteiger partial charge in [-0.05, 0) is 81.9 Å². The average Bonchev–Trinajstić information content (AvgIpc) is 3.45. The number of carbonyl (C=O) groups excluding carboxylic acids is 3. The number of rotatable bonds is 9. The molecule has 3 amide bonds. The molecule has 9 nitrogen and oxygen atoms in total. The van der Waals surface area contributed by atoms with Crippen molar-refractivity contribution in [1.82, 2.24) is 14.7 Å². The molecule has 2 aliphatic heterocycles. The van der Waals surface area contributed by atoms with Crippen molar-refractivity contribution in [3.05, 3.63) is 59.2 Å². The number of hydrogen-bond acceptors (Lipinski definition) is 6. The third kappa shape index (κ3) is 8.46. The molecule has 0 radical (unpaired) electrons. The minimum absolute atomic E-state index is 0.0740. The minimum atomic E-state index is -0.557. The highest BCUT2D eigenvalue weighted by Crippen LogP contribution is 2.32. The highest BCUT2D eigenvalue weighted by atomic mass is 16.6. The lowest BCUT2D eigenvalue weighted by atomic mass is 9.99. The summed E-state index contributed by atoms with van der Waals surface area (Å²) in [6.07, 6.45) is 5.33. The number of hydrogen-bond donors (Lipinski definition) is 1. The quantitative estimate of drug-likeness (QED) is 0.395. The standard InChI is InChI=1S/C34H45N5O4/c1-6-16-38(20-9-17-37(5)33(42)43-34(2,3)4)32(41)28-21-27-15-14-26(22-29(27)36-30(35)23-28)24-10-12-25(13-11-24)31(40)39-18-7-8-19-39/h10-15,21-22H,6-9,16-20,23H2,1-5H3,(H2,35,36). The molecule has 9 heteroatoms. The first-order valence-electron chi connectivity index (χ1n) is 15.3. The Morgan fingerprint density at radius 1 is 0.977 bits per heavy atom. The molecule has 0 saturated carbocycles. The summed E-state index contributed by atoms with van der Waals surface area (Å²) in [5.74, 6) is 0.385. The molecule has 0 bridgehead atoms. The van der Waals surface area contributed by atoms with Crippen LogP contribution >= 0.6 is 0 Å². The van der Waals surface area contributed by atoms with Crippen LogP contribution in [0.25, 0.3) is 17.2 Å². The minimum Gasteiger partial charge on any atom is -0.444 e. The third-order valence-electron chi connectivity index (χ3n) is 7.54. The van der Waals surface area contributed by atoms with Crippen LogP contribution in [0.4, 0.5) is 10.5 Å². The van der Waals surface area contributed by atoms with Crippen molar-refractivity contribution in [2.45, 2.75) is 65.4 Å². The molecule has 0 unspecified atom stereocenters. The van der Waals surface area contributed by atoms with Gasteiger partial charge in [-0.3, -0.25) is 9.59 Å². The normalized spacial score (nSPS) is 14.8. The van der Waals surface area contributed by atoms with Gasteiger partial charge < -0.3 is 25.2 Å². The molecule has 230 valence electrons. The number of benzene rings is 2. The zero-order valence-electron chi connectivity index (χ0n) is 26.2. The van der Waals surface area contributed by atoms with Crippen LogP contribution in [0.15, 0.2) is 53.0 Å². The van der Waals surface area contributed by atoms with Crippen LogP contribution in [0.2, 0.25) is 0 Å². The molecule has 2 aliphatic rings. The maximum absolute atomic E-state index is 13.7. The summed E-state index contributed by atoms with van der Waals surface area (Å²) < 4.78 is 5.43.